The zero-order valence-electron chi connectivity index (χ0n) is 14.0. The highest BCUT2D eigenvalue weighted by Gasteiger charge is 2.38. The van der Waals surface area contributed by atoms with E-state index in [0.29, 0.717) is 25.1 Å². The summed E-state index contributed by atoms with van der Waals surface area (Å²) in [6.07, 6.45) is 4.99. The van der Waals surface area contributed by atoms with E-state index in [1.54, 1.807) is 7.11 Å². The molecule has 1 aliphatic carbocycles. The molecule has 5 heteroatoms. The van der Waals surface area contributed by atoms with Crippen molar-refractivity contribution >= 4 is 5.97 Å². The molecule has 1 saturated carbocycles. The molecule has 5 nitrogen and oxygen atoms in total. The Kier molecular flexibility index (Phi) is 7.63. The van der Waals surface area contributed by atoms with Crippen molar-refractivity contribution in [2.24, 2.45) is 0 Å². The van der Waals surface area contributed by atoms with E-state index in [0.717, 1.165) is 38.8 Å². The number of carboxylic acids is 1. The number of hydrogen-bond donors (Lipinski definition) is 2. The third kappa shape index (κ3) is 5.93. The molecule has 21 heavy (non-hydrogen) atoms. The Morgan fingerprint density at radius 3 is 2.43 bits per heavy atom. The molecule has 0 spiro atoms. The summed E-state index contributed by atoms with van der Waals surface area (Å²) in [5, 5.41) is 12.8. The van der Waals surface area contributed by atoms with Gasteiger partial charge in [0.05, 0.1) is 6.61 Å². The summed E-state index contributed by atoms with van der Waals surface area (Å²) in [5.41, 5.74) is -0.821. The molecule has 1 aliphatic rings. The van der Waals surface area contributed by atoms with Gasteiger partial charge in [-0.25, -0.2) is 0 Å². The molecule has 0 radical (unpaired) electrons. The second-order valence-electron chi connectivity index (χ2n) is 6.30. The lowest BCUT2D eigenvalue weighted by atomic mass is 9.96. The molecule has 1 atom stereocenters. The Balaban J connectivity index is 2.60. The molecule has 0 aromatic carbocycles. The SMILES string of the molecule is CCC(CC)N(CCOC)CCC(C)(NC1CC1)C(=O)O. The molecule has 0 aliphatic heterocycles. The van der Waals surface area contributed by atoms with Crippen molar-refractivity contribution in [2.45, 2.75) is 70.5 Å². The number of ether oxygens (including phenoxy) is 1. The lowest BCUT2D eigenvalue weighted by Gasteiger charge is -2.34. The minimum Gasteiger partial charge on any atom is -0.480 e. The van der Waals surface area contributed by atoms with E-state index in [1.165, 1.54) is 0 Å². The molecular weight excluding hydrogens is 268 g/mol. The molecule has 0 amide bonds. The number of carboxylic acid groups (broad SMARTS) is 1. The van der Waals surface area contributed by atoms with Crippen LogP contribution in [-0.2, 0) is 9.53 Å². The largest absolute Gasteiger partial charge is 0.480 e. The predicted molar refractivity (Wildman–Crippen MR) is 84.6 cm³/mol. The maximum atomic E-state index is 11.6. The van der Waals surface area contributed by atoms with Gasteiger partial charge in [0.15, 0.2) is 0 Å². The van der Waals surface area contributed by atoms with Crippen LogP contribution in [-0.4, -0.2) is 60.4 Å². The normalized spacial score (nSPS) is 18.2. The predicted octanol–water partition coefficient (Wildman–Crippen LogP) is 2.11. The van der Waals surface area contributed by atoms with E-state index in [2.05, 4.69) is 24.1 Å². The second-order valence-corrected chi connectivity index (χ2v) is 6.30. The number of nitrogens with one attached hydrogen (secondary N) is 1. The molecular formula is C16H32N2O3. The minimum atomic E-state index is -0.821. The number of rotatable bonds is 12. The molecule has 2 N–H and O–H groups in total. The molecule has 0 heterocycles. The van der Waals surface area contributed by atoms with Gasteiger partial charge in [0.25, 0.3) is 0 Å². The van der Waals surface area contributed by atoms with E-state index in [1.807, 2.05) is 6.92 Å². The van der Waals surface area contributed by atoms with Gasteiger partial charge in [-0.1, -0.05) is 13.8 Å². The Labute approximate surface area is 129 Å². The van der Waals surface area contributed by atoms with Gasteiger partial charge in [0.1, 0.15) is 5.54 Å². The van der Waals surface area contributed by atoms with Crippen molar-refractivity contribution in [3.8, 4) is 0 Å². The van der Waals surface area contributed by atoms with Crippen LogP contribution in [0.2, 0.25) is 0 Å². The third-order valence-corrected chi connectivity index (χ3v) is 4.51. The quantitative estimate of drug-likeness (QED) is 0.578. The number of carbonyl (C=O) groups is 1. The maximum absolute atomic E-state index is 11.6. The molecule has 1 rings (SSSR count). The zero-order chi connectivity index (χ0) is 15.9. The first-order valence-electron chi connectivity index (χ1n) is 8.20. The van der Waals surface area contributed by atoms with Gasteiger partial charge in [0.2, 0.25) is 0 Å². The molecule has 0 bridgehead atoms. The summed E-state index contributed by atoms with van der Waals surface area (Å²) in [4.78, 5) is 14.0. The van der Waals surface area contributed by atoms with Gasteiger partial charge >= 0.3 is 5.97 Å². The van der Waals surface area contributed by atoms with E-state index >= 15 is 0 Å². The van der Waals surface area contributed by atoms with Crippen LogP contribution < -0.4 is 5.32 Å². The first-order chi connectivity index (χ1) is 9.96. The van der Waals surface area contributed by atoms with Crippen molar-refractivity contribution in [1.82, 2.24) is 10.2 Å². The topological polar surface area (TPSA) is 61.8 Å². The highest BCUT2D eigenvalue weighted by atomic mass is 16.5. The minimum absolute atomic E-state index is 0.395. The Morgan fingerprint density at radius 2 is 2.00 bits per heavy atom. The molecule has 0 saturated heterocycles. The summed E-state index contributed by atoms with van der Waals surface area (Å²) < 4.78 is 5.19. The number of aliphatic carboxylic acids is 1. The van der Waals surface area contributed by atoms with Crippen LogP contribution in [0.15, 0.2) is 0 Å². The first-order valence-corrected chi connectivity index (χ1v) is 8.20. The average Bonchev–Trinajstić information content (AvgIpc) is 3.25. The van der Waals surface area contributed by atoms with Gasteiger partial charge in [0, 0.05) is 32.3 Å². The van der Waals surface area contributed by atoms with Crippen LogP contribution >= 0.6 is 0 Å². The second kappa shape index (κ2) is 8.71. The Bertz CT molecular complexity index is 317. The fourth-order valence-corrected chi connectivity index (χ4v) is 2.78. The van der Waals surface area contributed by atoms with Crippen LogP contribution in [0.4, 0.5) is 0 Å². The third-order valence-electron chi connectivity index (χ3n) is 4.51. The number of methoxy groups -OCH3 is 1. The molecule has 1 unspecified atom stereocenters. The van der Waals surface area contributed by atoms with E-state index in [-0.39, 0.29) is 0 Å². The molecule has 1 fully saturated rings. The monoisotopic (exact) mass is 300 g/mol. The van der Waals surface area contributed by atoms with Crippen molar-refractivity contribution < 1.29 is 14.6 Å². The van der Waals surface area contributed by atoms with E-state index in [9.17, 15) is 9.90 Å². The zero-order valence-corrected chi connectivity index (χ0v) is 14.0. The fraction of sp³-hybridized carbons (Fsp3) is 0.938. The van der Waals surface area contributed by atoms with Crippen molar-refractivity contribution in [3.05, 3.63) is 0 Å². The highest BCUT2D eigenvalue weighted by molar-refractivity contribution is 5.78. The lowest BCUT2D eigenvalue weighted by Crippen LogP contribution is -2.53. The van der Waals surface area contributed by atoms with Gasteiger partial charge in [-0.3, -0.25) is 15.0 Å². The van der Waals surface area contributed by atoms with Crippen molar-refractivity contribution in [2.75, 3.05) is 26.8 Å². The first kappa shape index (κ1) is 18.4. The fourth-order valence-electron chi connectivity index (χ4n) is 2.78. The highest BCUT2D eigenvalue weighted by Crippen LogP contribution is 2.25. The smallest absolute Gasteiger partial charge is 0.323 e. The molecule has 0 aromatic rings. The van der Waals surface area contributed by atoms with Gasteiger partial charge in [-0.2, -0.15) is 0 Å². The summed E-state index contributed by atoms with van der Waals surface area (Å²) in [5.74, 6) is -0.745. The summed E-state index contributed by atoms with van der Waals surface area (Å²) in [6.45, 7) is 8.53. The summed E-state index contributed by atoms with van der Waals surface area (Å²) in [6, 6.07) is 0.894. The summed E-state index contributed by atoms with van der Waals surface area (Å²) in [7, 11) is 1.71. The van der Waals surface area contributed by atoms with Crippen LogP contribution in [0, 0.1) is 0 Å². The van der Waals surface area contributed by atoms with Gasteiger partial charge in [-0.15, -0.1) is 0 Å². The van der Waals surface area contributed by atoms with Crippen LogP contribution in [0.3, 0.4) is 0 Å². The number of nitrogens with zero attached hydrogens (tertiary/aromatic N) is 1. The van der Waals surface area contributed by atoms with E-state index < -0.39 is 11.5 Å². The van der Waals surface area contributed by atoms with Crippen molar-refractivity contribution in [3.63, 3.8) is 0 Å². The average molecular weight is 300 g/mol. The van der Waals surface area contributed by atoms with Gasteiger partial charge in [-0.05, 0) is 39.0 Å². The molecule has 0 aromatic heterocycles. The standard InChI is InChI=1S/C16H32N2O3/c1-5-14(6-2)18(11-12-21-4)10-9-16(3,15(19)20)17-13-7-8-13/h13-14,17H,5-12H2,1-4H3,(H,19,20). The molecule has 124 valence electrons. The lowest BCUT2D eigenvalue weighted by molar-refractivity contribution is -0.144. The van der Waals surface area contributed by atoms with Gasteiger partial charge < -0.3 is 9.84 Å². The Hall–Kier alpha value is -0.650. The van der Waals surface area contributed by atoms with Crippen molar-refractivity contribution in [1.29, 1.82) is 0 Å². The maximum Gasteiger partial charge on any atom is 0.323 e. The van der Waals surface area contributed by atoms with E-state index in [4.69, 9.17) is 4.74 Å². The van der Waals surface area contributed by atoms with Crippen LogP contribution in [0.1, 0.15) is 52.9 Å². The number of hydrogen-bond acceptors (Lipinski definition) is 4. The van der Waals surface area contributed by atoms with Crippen LogP contribution in [0.25, 0.3) is 0 Å². The van der Waals surface area contributed by atoms with Crippen LogP contribution in [0.5, 0.6) is 0 Å². The summed E-state index contributed by atoms with van der Waals surface area (Å²) >= 11 is 0. The Morgan fingerprint density at radius 1 is 1.38 bits per heavy atom.